The first-order valence-corrected chi connectivity index (χ1v) is 22.8. The summed E-state index contributed by atoms with van der Waals surface area (Å²) in [4.78, 5) is 48.5. The van der Waals surface area contributed by atoms with Crippen LogP contribution in [-0.2, 0) is 40.9 Å². The largest absolute Gasteiger partial charge is 0.325 e. The van der Waals surface area contributed by atoms with Crippen molar-refractivity contribution in [1.82, 2.24) is 0 Å². The van der Waals surface area contributed by atoms with Gasteiger partial charge in [-0.25, -0.2) is 0 Å². The second-order valence-electron chi connectivity index (χ2n) is 9.19. The third kappa shape index (κ3) is 41.6. The average Bonchev–Trinajstić information content (AvgIpc) is 2.79. The Hall–Kier alpha value is 0.968. The van der Waals surface area contributed by atoms with E-state index >= 15 is 0 Å². The van der Waals surface area contributed by atoms with Crippen LogP contribution in [0.4, 0.5) is 0 Å². The maximum absolute atomic E-state index is 7.56. The smallest absolute Gasteiger partial charge is 0.319 e. The van der Waals surface area contributed by atoms with Crippen LogP contribution < -0.4 is 3.95 Å². The van der Waals surface area contributed by atoms with E-state index in [9.17, 15) is 0 Å². The summed E-state index contributed by atoms with van der Waals surface area (Å²) in [7, 11) is 0. The van der Waals surface area contributed by atoms with E-state index in [0.29, 0.717) is 0 Å². The topological polar surface area (TPSA) is 121 Å². The third-order valence-corrected chi connectivity index (χ3v) is 11.7. The van der Waals surface area contributed by atoms with Crippen LogP contribution in [0.25, 0.3) is 0 Å². The summed E-state index contributed by atoms with van der Waals surface area (Å²) in [6.07, 6.45) is 23.3. The Morgan fingerprint density at radius 3 is 1.08 bits per heavy atom. The molecule has 0 radical (unpaired) electrons. The van der Waals surface area contributed by atoms with Crippen molar-refractivity contribution in [2.75, 3.05) is 0 Å². The van der Waals surface area contributed by atoms with E-state index < -0.39 is 30.7 Å². The van der Waals surface area contributed by atoms with Gasteiger partial charge in [-0.15, -0.1) is 0 Å². The molecule has 0 aliphatic rings. The molecule has 0 fully saturated rings. The normalized spacial score (nSPS) is 11.5. The van der Waals surface area contributed by atoms with Crippen LogP contribution in [0.5, 0.6) is 0 Å². The zero-order chi connectivity index (χ0) is 28.4. The number of benzene rings is 1. The minimum atomic E-state index is -3.81. The van der Waals surface area contributed by atoms with Gasteiger partial charge in [0.15, 0.2) is 0 Å². The Kier molecular flexibility index (Phi) is 29.4. The van der Waals surface area contributed by atoms with Crippen LogP contribution in [0.3, 0.4) is 0 Å². The summed E-state index contributed by atoms with van der Waals surface area (Å²) in [5, 5.41) is 0. The summed E-state index contributed by atoms with van der Waals surface area (Å²) < 4.78 is 1.76. The van der Waals surface area contributed by atoms with Crippen LogP contribution in [0.15, 0.2) is 30.3 Å². The third-order valence-electron chi connectivity index (χ3n) is 5.57. The van der Waals surface area contributed by atoms with Crippen LogP contribution in [0, 0.1) is 0 Å². The van der Waals surface area contributed by atoms with Crippen LogP contribution in [-0.4, -0.2) is 29.4 Å². The van der Waals surface area contributed by atoms with Gasteiger partial charge in [0.2, 0.25) is 0 Å². The molecule has 0 atom stereocenters. The first-order valence-electron chi connectivity index (χ1n) is 13.7. The van der Waals surface area contributed by atoms with E-state index in [0.717, 1.165) is 0 Å². The standard InChI is InChI=1S/2C10H21.C6H5.Mo.2H3O3PS/c2*1-3-5-7-9-10-8-6-4-2;1-2-4-6-5-3-1;;2*1-4(2,3)5/h2*1,3-10H2,2H3;1-5H;;2*(H3,1,2,3,5). The molecule has 0 spiro atoms. The summed E-state index contributed by atoms with van der Waals surface area (Å²) in [6, 6.07) is 11.6. The number of rotatable bonds is 19. The Morgan fingerprint density at radius 1 is 0.514 bits per heavy atom. The van der Waals surface area contributed by atoms with Gasteiger partial charge in [0.05, 0.1) is 0 Å². The molecule has 0 unspecified atom stereocenters. The van der Waals surface area contributed by atoms with Gasteiger partial charge in [-0.1, -0.05) is 0 Å². The predicted octanol–water partition coefficient (Wildman–Crippen LogP) is 7.42. The van der Waals surface area contributed by atoms with Crippen molar-refractivity contribution >= 4 is 41.0 Å². The van der Waals surface area contributed by atoms with Crippen molar-refractivity contribution in [1.29, 1.82) is 0 Å². The monoisotopic (exact) mass is 685 g/mol. The van der Waals surface area contributed by atoms with Gasteiger partial charge in [-0.05, 0) is 23.6 Å². The minimum Gasteiger partial charge on any atom is -0.325 e. The molecule has 0 saturated carbocycles. The first kappa shape index (κ1) is 40.1. The molecule has 0 aromatic heterocycles. The quantitative estimate of drug-likeness (QED) is 0.0507. The summed E-state index contributed by atoms with van der Waals surface area (Å²) in [5.74, 6) is 0. The van der Waals surface area contributed by atoms with Crippen molar-refractivity contribution in [3.8, 4) is 0 Å². The van der Waals surface area contributed by atoms with Crippen molar-refractivity contribution < 1.29 is 46.7 Å². The zero-order valence-corrected chi connectivity index (χ0v) is 28.3. The van der Waals surface area contributed by atoms with E-state index in [1.54, 1.807) is 13.6 Å². The molecule has 0 aliphatic carbocycles. The molecule has 37 heavy (non-hydrogen) atoms. The molecular formula is C26H53MoO6P2S2. The molecule has 0 saturated heterocycles. The van der Waals surface area contributed by atoms with Crippen molar-refractivity contribution in [3.05, 3.63) is 30.3 Å². The fraction of sp³-hybridized carbons (Fsp3) is 0.769. The Morgan fingerprint density at radius 2 is 0.784 bits per heavy atom. The number of unbranched alkanes of at least 4 members (excludes halogenated alkanes) is 14. The van der Waals surface area contributed by atoms with Crippen molar-refractivity contribution in [2.24, 2.45) is 0 Å². The van der Waals surface area contributed by atoms with Gasteiger partial charge in [-0.3, -0.25) is 0 Å². The van der Waals surface area contributed by atoms with Crippen LogP contribution in [0.2, 0.25) is 9.62 Å². The molecule has 221 valence electrons. The number of hydrogen-bond donors (Lipinski definition) is 6. The first-order chi connectivity index (χ1) is 17.4. The summed E-state index contributed by atoms with van der Waals surface area (Å²) in [6.45, 7) is -3.00. The molecule has 6 nitrogen and oxygen atoms in total. The Balaban J connectivity index is 0. The van der Waals surface area contributed by atoms with Crippen molar-refractivity contribution in [2.45, 2.75) is 126 Å². The van der Waals surface area contributed by atoms with Crippen LogP contribution >= 0.6 is 13.4 Å². The van der Waals surface area contributed by atoms with Crippen molar-refractivity contribution in [3.63, 3.8) is 0 Å². The summed E-state index contributed by atoms with van der Waals surface area (Å²) in [5.41, 5.74) is 0. The van der Waals surface area contributed by atoms with E-state index in [2.05, 4.69) is 67.8 Å². The fourth-order valence-electron chi connectivity index (χ4n) is 3.77. The minimum absolute atomic E-state index is 1.07. The van der Waals surface area contributed by atoms with Gasteiger partial charge < -0.3 is 29.4 Å². The van der Waals surface area contributed by atoms with Gasteiger partial charge in [-0.2, -0.15) is 0 Å². The van der Waals surface area contributed by atoms with Gasteiger partial charge in [0.1, 0.15) is 0 Å². The number of hydrogen-bond acceptors (Lipinski definition) is 2. The predicted molar refractivity (Wildman–Crippen MR) is 163 cm³/mol. The van der Waals surface area contributed by atoms with Crippen LogP contribution in [0.1, 0.15) is 117 Å². The second kappa shape index (κ2) is 27.2. The Labute approximate surface area is 243 Å². The molecule has 11 heteroatoms. The summed E-state index contributed by atoms with van der Waals surface area (Å²) >= 11 is 6.13. The van der Waals surface area contributed by atoms with Gasteiger partial charge >= 0.3 is 191 Å². The maximum atomic E-state index is 7.56. The molecule has 1 rings (SSSR count). The van der Waals surface area contributed by atoms with Gasteiger partial charge in [0.25, 0.3) is 0 Å². The molecule has 0 aliphatic heterocycles. The SMILES string of the molecule is CCCCCCCCC[CH2][Mo]([CH2]CCCCCCCCC)[c]1ccccc1.OP(O)(O)=S.OP(O)(O)=S. The van der Waals surface area contributed by atoms with E-state index in [1.165, 1.54) is 103 Å². The Bertz CT molecular complexity index is 647. The van der Waals surface area contributed by atoms with E-state index in [4.69, 9.17) is 29.4 Å². The van der Waals surface area contributed by atoms with E-state index in [1.807, 2.05) is 0 Å². The zero-order valence-electron chi connectivity index (χ0n) is 22.9. The molecule has 0 heterocycles. The molecule has 6 N–H and O–H groups in total. The molecule has 1 aromatic carbocycles. The average molecular weight is 684 g/mol. The fourth-order valence-corrected chi connectivity index (χ4v) is 9.48. The maximum Gasteiger partial charge on any atom is 0.319 e. The molecule has 1 aromatic rings. The van der Waals surface area contributed by atoms with E-state index in [-0.39, 0.29) is 0 Å². The second-order valence-corrected chi connectivity index (χ2v) is 19.8. The van der Waals surface area contributed by atoms with Gasteiger partial charge in [0, 0.05) is 0 Å². The molecule has 0 amide bonds. The molecule has 0 bridgehead atoms. The molecular weight excluding hydrogens is 630 g/mol.